The molecule has 4 rings (SSSR count). The highest BCUT2D eigenvalue weighted by Crippen LogP contribution is 2.21. The molecule has 1 aliphatic rings. The lowest BCUT2D eigenvalue weighted by Crippen LogP contribution is -2.50. The summed E-state index contributed by atoms with van der Waals surface area (Å²) < 4.78 is 1.84. The fourth-order valence-corrected chi connectivity index (χ4v) is 3.51. The van der Waals surface area contributed by atoms with Crippen molar-refractivity contribution in [2.45, 2.75) is 13.5 Å². The lowest BCUT2D eigenvalue weighted by molar-refractivity contribution is -0.121. The summed E-state index contributed by atoms with van der Waals surface area (Å²) in [5.74, 6) is 0.0850. The highest BCUT2D eigenvalue weighted by atomic mass is 16.2. The number of anilines is 1. The van der Waals surface area contributed by atoms with Crippen molar-refractivity contribution in [1.82, 2.24) is 14.7 Å². The van der Waals surface area contributed by atoms with Crippen molar-refractivity contribution < 1.29 is 4.79 Å². The predicted octanol–water partition coefficient (Wildman–Crippen LogP) is 2.90. The van der Waals surface area contributed by atoms with E-state index < -0.39 is 0 Å². The van der Waals surface area contributed by atoms with Crippen molar-refractivity contribution in [1.29, 1.82) is 5.26 Å². The number of piperazine rings is 1. The van der Waals surface area contributed by atoms with Gasteiger partial charge in [0.05, 0.1) is 23.9 Å². The van der Waals surface area contributed by atoms with E-state index in [-0.39, 0.29) is 5.91 Å². The topological polar surface area (TPSA) is 65.2 Å². The summed E-state index contributed by atoms with van der Waals surface area (Å²) in [6.45, 7) is 4.69. The van der Waals surface area contributed by atoms with E-state index in [1.54, 1.807) is 23.2 Å². The molecule has 1 aliphatic heterocycles. The number of benzene rings is 2. The fourth-order valence-electron chi connectivity index (χ4n) is 3.51. The number of amides is 1. The van der Waals surface area contributed by atoms with E-state index in [2.05, 4.69) is 41.2 Å². The van der Waals surface area contributed by atoms with Crippen molar-refractivity contribution >= 4 is 11.6 Å². The number of rotatable bonds is 4. The molecule has 0 radical (unpaired) electrons. The summed E-state index contributed by atoms with van der Waals surface area (Å²) in [7, 11) is 0. The van der Waals surface area contributed by atoms with Crippen LogP contribution in [0.2, 0.25) is 0 Å². The zero-order valence-corrected chi connectivity index (χ0v) is 15.7. The van der Waals surface area contributed by atoms with Crippen molar-refractivity contribution in [2.75, 3.05) is 24.5 Å². The van der Waals surface area contributed by atoms with Gasteiger partial charge in [-0.3, -0.25) is 9.69 Å². The lowest BCUT2D eigenvalue weighted by atomic mass is 10.1. The summed E-state index contributed by atoms with van der Waals surface area (Å²) >= 11 is 0. The minimum atomic E-state index is 0.0850. The molecule has 28 heavy (non-hydrogen) atoms. The Bertz CT molecular complexity index is 1020. The van der Waals surface area contributed by atoms with Gasteiger partial charge in [0.1, 0.15) is 0 Å². The van der Waals surface area contributed by atoms with Gasteiger partial charge in [-0.25, -0.2) is 4.68 Å². The lowest BCUT2D eigenvalue weighted by Gasteiger charge is -2.34. The highest BCUT2D eigenvalue weighted by molar-refractivity contribution is 5.95. The minimum Gasteiger partial charge on any atom is -0.310 e. The summed E-state index contributed by atoms with van der Waals surface area (Å²) in [5.41, 5.74) is 4.89. The fraction of sp³-hybridized carbons (Fsp3) is 0.227. The van der Waals surface area contributed by atoms with E-state index in [0.717, 1.165) is 24.5 Å². The van der Waals surface area contributed by atoms with Crippen LogP contribution < -0.4 is 4.90 Å². The average Bonchev–Trinajstić information content (AvgIpc) is 3.25. The third-order valence-corrected chi connectivity index (χ3v) is 5.10. The Morgan fingerprint density at radius 2 is 1.89 bits per heavy atom. The first kappa shape index (κ1) is 18.0. The number of hydrogen-bond acceptors (Lipinski definition) is 4. The van der Waals surface area contributed by atoms with Crippen molar-refractivity contribution in [3.63, 3.8) is 0 Å². The highest BCUT2D eigenvalue weighted by Gasteiger charge is 2.25. The molecule has 1 saturated heterocycles. The summed E-state index contributed by atoms with van der Waals surface area (Å²) in [6, 6.07) is 17.5. The Balaban J connectivity index is 1.42. The molecular weight excluding hydrogens is 350 g/mol. The Labute approximate surface area is 164 Å². The first-order valence-corrected chi connectivity index (χ1v) is 9.26. The van der Waals surface area contributed by atoms with Crippen LogP contribution in [0, 0.1) is 18.3 Å². The van der Waals surface area contributed by atoms with Crippen LogP contribution in [0.4, 0.5) is 5.69 Å². The SMILES string of the molecule is Cc1cc(-n2cccn2)ccc1CN1CCN(c2ccc(C#N)cc2)C(=O)C1. The van der Waals surface area contributed by atoms with Gasteiger partial charge in [0.25, 0.3) is 0 Å². The first-order chi connectivity index (χ1) is 13.6. The second-order valence-corrected chi connectivity index (χ2v) is 6.98. The second kappa shape index (κ2) is 7.67. The van der Waals surface area contributed by atoms with Gasteiger partial charge in [-0.15, -0.1) is 0 Å². The van der Waals surface area contributed by atoms with Crippen LogP contribution in [0.15, 0.2) is 60.9 Å². The van der Waals surface area contributed by atoms with E-state index >= 15 is 0 Å². The van der Waals surface area contributed by atoms with Gasteiger partial charge >= 0.3 is 0 Å². The van der Waals surface area contributed by atoms with Crippen LogP contribution in [-0.4, -0.2) is 40.2 Å². The van der Waals surface area contributed by atoms with Crippen LogP contribution in [0.3, 0.4) is 0 Å². The van der Waals surface area contributed by atoms with Crippen LogP contribution in [0.25, 0.3) is 5.69 Å². The van der Waals surface area contributed by atoms with Gasteiger partial charge in [-0.05, 0) is 60.5 Å². The Kier molecular flexibility index (Phi) is 4.92. The third-order valence-electron chi connectivity index (χ3n) is 5.10. The summed E-state index contributed by atoms with van der Waals surface area (Å²) in [5, 5.41) is 13.2. The number of aromatic nitrogens is 2. The predicted molar refractivity (Wildman–Crippen MR) is 107 cm³/mol. The van der Waals surface area contributed by atoms with E-state index in [0.29, 0.717) is 18.7 Å². The maximum atomic E-state index is 12.7. The molecule has 3 aromatic rings. The number of nitriles is 1. The number of carbonyl (C=O) groups excluding carboxylic acids is 1. The molecule has 140 valence electrons. The van der Waals surface area contributed by atoms with Crippen LogP contribution in [0.5, 0.6) is 0 Å². The molecule has 2 heterocycles. The van der Waals surface area contributed by atoms with Gasteiger partial charge in [0.2, 0.25) is 5.91 Å². The molecule has 0 N–H and O–H groups in total. The van der Waals surface area contributed by atoms with Gasteiger partial charge in [-0.1, -0.05) is 6.07 Å². The van der Waals surface area contributed by atoms with E-state index in [1.807, 2.05) is 29.1 Å². The molecule has 0 spiro atoms. The molecule has 0 bridgehead atoms. The standard InChI is InChI=1S/C22H21N5O/c1-17-13-21(27-10-2-9-24-27)8-5-19(17)15-25-11-12-26(22(28)16-25)20-6-3-18(14-23)4-7-20/h2-10,13H,11-12,15-16H2,1H3. The van der Waals surface area contributed by atoms with Crippen LogP contribution in [-0.2, 0) is 11.3 Å². The number of carbonyl (C=O) groups is 1. The number of nitrogens with zero attached hydrogens (tertiary/aromatic N) is 5. The van der Waals surface area contributed by atoms with Gasteiger partial charge in [0, 0.05) is 37.7 Å². The minimum absolute atomic E-state index is 0.0850. The first-order valence-electron chi connectivity index (χ1n) is 9.26. The molecule has 0 unspecified atom stereocenters. The van der Waals surface area contributed by atoms with Crippen molar-refractivity contribution in [2.24, 2.45) is 0 Å². The van der Waals surface area contributed by atoms with Gasteiger partial charge in [-0.2, -0.15) is 10.4 Å². The molecule has 1 fully saturated rings. The normalized spacial score (nSPS) is 14.9. The Morgan fingerprint density at radius 1 is 1.11 bits per heavy atom. The van der Waals surface area contributed by atoms with Crippen LogP contribution in [0.1, 0.15) is 16.7 Å². The smallest absolute Gasteiger partial charge is 0.241 e. The number of aryl methyl sites for hydroxylation is 1. The quantitative estimate of drug-likeness (QED) is 0.707. The Morgan fingerprint density at radius 3 is 2.54 bits per heavy atom. The molecule has 0 atom stereocenters. The monoisotopic (exact) mass is 371 g/mol. The van der Waals surface area contributed by atoms with E-state index in [1.165, 1.54) is 11.1 Å². The largest absolute Gasteiger partial charge is 0.310 e. The molecule has 0 aliphatic carbocycles. The summed E-state index contributed by atoms with van der Waals surface area (Å²) in [6.07, 6.45) is 3.69. The van der Waals surface area contributed by atoms with Crippen molar-refractivity contribution in [3.05, 3.63) is 77.6 Å². The second-order valence-electron chi connectivity index (χ2n) is 6.98. The van der Waals surface area contributed by atoms with Crippen LogP contribution >= 0.6 is 0 Å². The molecule has 1 aromatic heterocycles. The van der Waals surface area contributed by atoms with E-state index in [9.17, 15) is 4.79 Å². The molecule has 6 heteroatoms. The third kappa shape index (κ3) is 3.66. The maximum absolute atomic E-state index is 12.7. The molecule has 1 amide bonds. The van der Waals surface area contributed by atoms with Gasteiger partial charge in [0.15, 0.2) is 0 Å². The number of hydrogen-bond donors (Lipinski definition) is 0. The molecular formula is C22H21N5O. The van der Waals surface area contributed by atoms with Crippen molar-refractivity contribution in [3.8, 4) is 11.8 Å². The van der Waals surface area contributed by atoms with E-state index in [4.69, 9.17) is 5.26 Å². The zero-order chi connectivity index (χ0) is 19.5. The molecule has 2 aromatic carbocycles. The average molecular weight is 371 g/mol. The zero-order valence-electron chi connectivity index (χ0n) is 15.7. The van der Waals surface area contributed by atoms with Gasteiger partial charge < -0.3 is 4.90 Å². The Hall–Kier alpha value is -3.43. The molecule has 6 nitrogen and oxygen atoms in total. The summed E-state index contributed by atoms with van der Waals surface area (Å²) in [4.78, 5) is 16.6. The molecule has 0 saturated carbocycles. The maximum Gasteiger partial charge on any atom is 0.241 e.